The molecule has 160 valence electrons. The van der Waals surface area contributed by atoms with Crippen molar-refractivity contribution >= 4 is 35.1 Å². The van der Waals surface area contributed by atoms with E-state index >= 15 is 0 Å². The number of nitrogens with one attached hydrogen (secondary N) is 3. The van der Waals surface area contributed by atoms with E-state index in [1.807, 2.05) is 13.8 Å². The fourth-order valence-electron chi connectivity index (χ4n) is 3.52. The molecule has 9 heteroatoms. The quantitative estimate of drug-likeness (QED) is 0.379. The molecule has 2 rings (SSSR count). The number of hydrogen-bond acceptors (Lipinski definition) is 4. The summed E-state index contributed by atoms with van der Waals surface area (Å²) in [6, 6.07) is 5.41. The van der Waals surface area contributed by atoms with Crippen LogP contribution in [0.2, 0.25) is 5.02 Å². The van der Waals surface area contributed by atoms with Crippen molar-refractivity contribution in [3.05, 3.63) is 29.3 Å². The smallest absolute Gasteiger partial charge is 0.319 e. The van der Waals surface area contributed by atoms with Gasteiger partial charge in [0.25, 0.3) is 5.91 Å². The van der Waals surface area contributed by atoms with E-state index in [1.54, 1.807) is 29.7 Å². The van der Waals surface area contributed by atoms with Gasteiger partial charge >= 0.3 is 6.03 Å². The Morgan fingerprint density at radius 2 is 1.86 bits per heavy atom. The molecule has 0 radical (unpaired) electrons. The highest BCUT2D eigenvalue weighted by atomic mass is 35.5. The van der Waals surface area contributed by atoms with E-state index in [1.165, 1.54) is 4.90 Å². The Labute approximate surface area is 175 Å². The molecule has 4 amide bonds. The van der Waals surface area contributed by atoms with Crippen LogP contribution in [0.15, 0.2) is 24.3 Å². The second-order valence-electron chi connectivity index (χ2n) is 7.70. The zero-order valence-electron chi connectivity index (χ0n) is 16.8. The molecule has 29 heavy (non-hydrogen) atoms. The normalized spacial score (nSPS) is 15.1. The van der Waals surface area contributed by atoms with Gasteiger partial charge < -0.3 is 15.5 Å². The van der Waals surface area contributed by atoms with Gasteiger partial charge in [-0.3, -0.25) is 14.8 Å². The van der Waals surface area contributed by atoms with Gasteiger partial charge in [0.05, 0.1) is 10.7 Å². The van der Waals surface area contributed by atoms with Crippen LogP contribution >= 0.6 is 11.6 Å². The van der Waals surface area contributed by atoms with E-state index in [4.69, 9.17) is 16.8 Å². The summed E-state index contributed by atoms with van der Waals surface area (Å²) in [7, 11) is 0. The van der Waals surface area contributed by atoms with Crippen LogP contribution in [-0.4, -0.2) is 47.1 Å². The lowest BCUT2D eigenvalue weighted by Gasteiger charge is -2.31. The molecule has 0 heterocycles. The van der Waals surface area contributed by atoms with Crippen molar-refractivity contribution in [3.8, 4) is 0 Å². The number of nitrogens with zero attached hydrogens (tertiary/aromatic N) is 1. The first-order valence-electron chi connectivity index (χ1n) is 9.85. The fourth-order valence-corrected chi connectivity index (χ4v) is 3.70. The summed E-state index contributed by atoms with van der Waals surface area (Å²) < 4.78 is 0. The number of hydroxylamine groups is 1. The fraction of sp³-hybridized carbons (Fsp3) is 0.550. The molecular weight excluding hydrogens is 396 g/mol. The zero-order chi connectivity index (χ0) is 21.4. The van der Waals surface area contributed by atoms with E-state index in [-0.39, 0.29) is 18.4 Å². The molecule has 1 aliphatic rings. The topological polar surface area (TPSA) is 111 Å². The van der Waals surface area contributed by atoms with Crippen molar-refractivity contribution in [1.29, 1.82) is 0 Å². The van der Waals surface area contributed by atoms with Crippen molar-refractivity contribution in [1.82, 2.24) is 15.7 Å². The Hall–Kier alpha value is -2.32. The molecular formula is C20H29ClN4O4. The van der Waals surface area contributed by atoms with Crippen molar-refractivity contribution in [3.63, 3.8) is 0 Å². The van der Waals surface area contributed by atoms with Gasteiger partial charge in [-0.15, -0.1) is 0 Å². The molecule has 0 spiro atoms. The molecule has 0 aromatic heterocycles. The number of carbonyl (C=O) groups excluding carboxylic acids is 3. The highest BCUT2D eigenvalue weighted by Gasteiger charge is 2.32. The molecule has 1 aliphatic carbocycles. The second kappa shape index (κ2) is 11.0. The molecule has 1 fully saturated rings. The van der Waals surface area contributed by atoms with E-state index in [9.17, 15) is 14.4 Å². The van der Waals surface area contributed by atoms with E-state index < -0.39 is 18.0 Å². The number of urea groups is 1. The standard InChI is InChI=1S/C20H29ClN4O4/c1-13(2)18(23-20(28)22-16-10-6-5-9-15(16)21)19(27)25(12-17(26)24-29)11-14-7-3-4-8-14/h5-6,9-10,13-14,18,29H,3-4,7-8,11-12H2,1-2H3,(H,24,26)(H2,22,23,28)/t18-/m0/s1. The van der Waals surface area contributed by atoms with Crippen LogP contribution in [0, 0.1) is 11.8 Å². The van der Waals surface area contributed by atoms with Crippen LogP contribution in [-0.2, 0) is 9.59 Å². The molecule has 0 saturated heterocycles. The minimum Gasteiger partial charge on any atom is -0.331 e. The summed E-state index contributed by atoms with van der Waals surface area (Å²) in [6.45, 7) is 3.79. The molecule has 0 bridgehead atoms. The van der Waals surface area contributed by atoms with Crippen molar-refractivity contribution in [2.24, 2.45) is 11.8 Å². The van der Waals surface area contributed by atoms with Gasteiger partial charge in [0, 0.05) is 6.54 Å². The average Bonchev–Trinajstić information content (AvgIpc) is 3.19. The summed E-state index contributed by atoms with van der Waals surface area (Å²) in [4.78, 5) is 38.8. The van der Waals surface area contributed by atoms with Gasteiger partial charge in [0.1, 0.15) is 12.6 Å². The predicted molar refractivity (Wildman–Crippen MR) is 111 cm³/mol. The minimum absolute atomic E-state index is 0.206. The first-order chi connectivity index (χ1) is 13.8. The number of anilines is 1. The first kappa shape index (κ1) is 23.0. The highest BCUT2D eigenvalue weighted by Crippen LogP contribution is 2.26. The Bertz CT molecular complexity index is 722. The summed E-state index contributed by atoms with van der Waals surface area (Å²) >= 11 is 6.06. The summed E-state index contributed by atoms with van der Waals surface area (Å²) in [5, 5.41) is 14.6. The van der Waals surface area contributed by atoms with Gasteiger partial charge in [-0.2, -0.15) is 0 Å². The highest BCUT2D eigenvalue weighted by molar-refractivity contribution is 6.33. The molecule has 1 atom stereocenters. The zero-order valence-corrected chi connectivity index (χ0v) is 17.5. The Morgan fingerprint density at radius 3 is 2.45 bits per heavy atom. The van der Waals surface area contributed by atoms with Gasteiger partial charge in [-0.25, -0.2) is 10.3 Å². The number of amides is 4. The van der Waals surface area contributed by atoms with Crippen LogP contribution in [0.5, 0.6) is 0 Å². The van der Waals surface area contributed by atoms with Crippen LogP contribution in [0.1, 0.15) is 39.5 Å². The average molecular weight is 425 g/mol. The molecule has 4 N–H and O–H groups in total. The molecule has 0 unspecified atom stereocenters. The van der Waals surface area contributed by atoms with Crippen LogP contribution in [0.3, 0.4) is 0 Å². The summed E-state index contributed by atoms with van der Waals surface area (Å²) in [5.41, 5.74) is 2.01. The lowest BCUT2D eigenvalue weighted by atomic mass is 10.0. The molecule has 1 aromatic rings. The third-order valence-electron chi connectivity index (χ3n) is 5.07. The van der Waals surface area contributed by atoms with Crippen LogP contribution in [0.4, 0.5) is 10.5 Å². The summed E-state index contributed by atoms with van der Waals surface area (Å²) in [5.74, 6) is -0.915. The lowest BCUT2D eigenvalue weighted by Crippen LogP contribution is -2.54. The second-order valence-corrected chi connectivity index (χ2v) is 8.11. The number of hydrogen-bond donors (Lipinski definition) is 4. The maximum Gasteiger partial charge on any atom is 0.319 e. The van der Waals surface area contributed by atoms with Crippen LogP contribution in [0.25, 0.3) is 0 Å². The molecule has 8 nitrogen and oxygen atoms in total. The first-order valence-corrected chi connectivity index (χ1v) is 10.2. The maximum atomic E-state index is 13.2. The monoisotopic (exact) mass is 424 g/mol. The SMILES string of the molecule is CC(C)[C@H](NC(=O)Nc1ccccc1Cl)C(=O)N(CC(=O)NO)CC1CCCC1. The Balaban J connectivity index is 2.09. The number of benzene rings is 1. The number of para-hydroxylation sites is 1. The molecule has 1 aromatic carbocycles. The van der Waals surface area contributed by atoms with Gasteiger partial charge in [0.15, 0.2) is 0 Å². The Morgan fingerprint density at radius 1 is 1.21 bits per heavy atom. The Kier molecular flexibility index (Phi) is 8.72. The largest absolute Gasteiger partial charge is 0.331 e. The van der Waals surface area contributed by atoms with Gasteiger partial charge in [0.2, 0.25) is 5.91 Å². The van der Waals surface area contributed by atoms with E-state index in [2.05, 4.69) is 10.6 Å². The van der Waals surface area contributed by atoms with E-state index in [0.29, 0.717) is 23.2 Å². The summed E-state index contributed by atoms with van der Waals surface area (Å²) in [6.07, 6.45) is 4.20. The number of halogens is 1. The van der Waals surface area contributed by atoms with E-state index in [0.717, 1.165) is 25.7 Å². The molecule has 1 saturated carbocycles. The third-order valence-corrected chi connectivity index (χ3v) is 5.40. The van der Waals surface area contributed by atoms with Crippen molar-refractivity contribution in [2.45, 2.75) is 45.6 Å². The van der Waals surface area contributed by atoms with Gasteiger partial charge in [-0.05, 0) is 36.8 Å². The lowest BCUT2D eigenvalue weighted by molar-refractivity contribution is -0.141. The number of carbonyl (C=O) groups is 3. The van der Waals surface area contributed by atoms with Gasteiger partial charge in [-0.1, -0.05) is 50.4 Å². The maximum absolute atomic E-state index is 13.2. The van der Waals surface area contributed by atoms with Crippen LogP contribution < -0.4 is 16.1 Å². The number of rotatable bonds is 8. The van der Waals surface area contributed by atoms with Crippen molar-refractivity contribution < 1.29 is 19.6 Å². The third kappa shape index (κ3) is 6.90. The molecule has 0 aliphatic heterocycles. The predicted octanol–water partition coefficient (Wildman–Crippen LogP) is 3.01. The minimum atomic E-state index is -0.828. The van der Waals surface area contributed by atoms with Crippen molar-refractivity contribution in [2.75, 3.05) is 18.4 Å².